The average molecular weight is 633 g/mol. The van der Waals surface area contributed by atoms with Crippen LogP contribution in [0.1, 0.15) is 52.9 Å². The van der Waals surface area contributed by atoms with E-state index in [1.54, 1.807) is 32.1 Å². The molecule has 224 valence electrons. The number of pyridine rings is 1. The van der Waals surface area contributed by atoms with E-state index in [1.807, 2.05) is 36.4 Å². The lowest BCUT2D eigenvalue weighted by Crippen LogP contribution is -2.39. The van der Waals surface area contributed by atoms with Crippen molar-refractivity contribution in [1.82, 2.24) is 9.55 Å². The van der Waals surface area contributed by atoms with Crippen molar-refractivity contribution >= 4 is 35.1 Å². The number of hydrogen-bond acceptors (Lipinski definition) is 9. The number of aromatic nitrogens is 2. The van der Waals surface area contributed by atoms with Crippen molar-refractivity contribution in [1.29, 1.82) is 5.26 Å². The first-order valence-corrected chi connectivity index (χ1v) is 15.1. The van der Waals surface area contributed by atoms with Gasteiger partial charge in [0.15, 0.2) is 4.80 Å². The topological polar surface area (TPSA) is 107 Å². The zero-order valence-corrected chi connectivity index (χ0v) is 25.8. The van der Waals surface area contributed by atoms with Gasteiger partial charge in [-0.3, -0.25) is 9.36 Å². The molecule has 1 atom stereocenters. The fourth-order valence-corrected chi connectivity index (χ4v) is 7.05. The molecule has 0 radical (unpaired) electrons. The summed E-state index contributed by atoms with van der Waals surface area (Å²) in [4.78, 5) is 35.7. The molecule has 0 N–H and O–H groups in total. The van der Waals surface area contributed by atoms with E-state index in [2.05, 4.69) is 16.0 Å². The molecule has 2 aromatic carbocycles. The Labute approximate surface area is 259 Å². The van der Waals surface area contributed by atoms with Crippen LogP contribution in [0.4, 0.5) is 8.78 Å². The van der Waals surface area contributed by atoms with E-state index in [0.717, 1.165) is 22.9 Å². The number of carbonyl (C=O) groups is 1. The molecule has 8 nitrogen and oxygen atoms in total. The van der Waals surface area contributed by atoms with Crippen LogP contribution in [0.2, 0.25) is 0 Å². The molecular formula is C32H26F2N4O4S2. The molecule has 0 unspecified atom stereocenters. The van der Waals surface area contributed by atoms with Crippen molar-refractivity contribution in [2.24, 2.45) is 4.99 Å². The molecule has 0 bridgehead atoms. The Morgan fingerprint density at radius 1 is 1.18 bits per heavy atom. The maximum Gasteiger partial charge on any atom is 0.338 e. The Kier molecular flexibility index (Phi) is 9.08. The van der Waals surface area contributed by atoms with Crippen LogP contribution in [-0.2, 0) is 15.3 Å². The predicted octanol–water partition coefficient (Wildman–Crippen LogP) is 5.22. The van der Waals surface area contributed by atoms with Crippen LogP contribution in [0.25, 0.3) is 6.08 Å². The normalized spacial score (nSPS) is 14.7. The van der Waals surface area contributed by atoms with Crippen molar-refractivity contribution in [3.8, 4) is 11.8 Å². The third-order valence-corrected chi connectivity index (χ3v) is 9.05. The summed E-state index contributed by atoms with van der Waals surface area (Å²) in [6, 6.07) is 17.2. The summed E-state index contributed by atoms with van der Waals surface area (Å²) in [6.45, 7) is 3.32. The van der Waals surface area contributed by atoms with Crippen molar-refractivity contribution in [3.05, 3.63) is 119 Å². The SMILES string of the molecule is COC(=O)C1=C(C)N=c2s/c(=C\c3ccc(OC)c(CSc4nc(C(F)F)cc(C)c4C#N)c3)c(=O)n2[C@@H]1c1ccccc1. The highest BCUT2D eigenvalue weighted by molar-refractivity contribution is 7.98. The van der Waals surface area contributed by atoms with Gasteiger partial charge in [0.25, 0.3) is 12.0 Å². The molecule has 3 heterocycles. The highest BCUT2D eigenvalue weighted by atomic mass is 32.2. The van der Waals surface area contributed by atoms with E-state index in [9.17, 15) is 23.6 Å². The monoisotopic (exact) mass is 632 g/mol. The second-order valence-electron chi connectivity index (χ2n) is 9.80. The number of thioether (sulfide) groups is 1. The molecule has 0 spiro atoms. The van der Waals surface area contributed by atoms with Crippen LogP contribution in [0, 0.1) is 18.3 Å². The largest absolute Gasteiger partial charge is 0.496 e. The summed E-state index contributed by atoms with van der Waals surface area (Å²) in [5.74, 6) is 0.268. The van der Waals surface area contributed by atoms with Gasteiger partial charge in [-0.05, 0) is 54.8 Å². The molecule has 44 heavy (non-hydrogen) atoms. The van der Waals surface area contributed by atoms with Gasteiger partial charge in [0.2, 0.25) is 0 Å². The van der Waals surface area contributed by atoms with Gasteiger partial charge in [0.1, 0.15) is 22.5 Å². The highest BCUT2D eigenvalue weighted by Crippen LogP contribution is 2.33. The summed E-state index contributed by atoms with van der Waals surface area (Å²) >= 11 is 2.36. The molecule has 12 heteroatoms. The Hall–Kier alpha value is -4.60. The Balaban J connectivity index is 1.56. The number of alkyl halides is 2. The van der Waals surface area contributed by atoms with Crippen molar-refractivity contribution in [2.75, 3.05) is 14.2 Å². The van der Waals surface area contributed by atoms with E-state index >= 15 is 0 Å². The van der Waals surface area contributed by atoms with Crippen LogP contribution >= 0.6 is 23.1 Å². The third-order valence-electron chi connectivity index (χ3n) is 7.05. The second-order valence-corrected chi connectivity index (χ2v) is 11.8. The first-order valence-electron chi connectivity index (χ1n) is 13.3. The maximum absolute atomic E-state index is 13.9. The number of hydrogen-bond donors (Lipinski definition) is 0. The zero-order valence-electron chi connectivity index (χ0n) is 24.1. The molecular weight excluding hydrogens is 607 g/mol. The Morgan fingerprint density at radius 3 is 2.59 bits per heavy atom. The van der Waals surface area contributed by atoms with Crippen molar-refractivity contribution in [2.45, 2.75) is 37.1 Å². The number of methoxy groups -OCH3 is 2. The molecule has 1 aliphatic rings. The van der Waals surface area contributed by atoms with Gasteiger partial charge in [-0.2, -0.15) is 5.26 Å². The van der Waals surface area contributed by atoms with Crippen molar-refractivity contribution < 1.29 is 23.0 Å². The molecule has 1 aliphatic heterocycles. The van der Waals surface area contributed by atoms with Crippen molar-refractivity contribution in [3.63, 3.8) is 0 Å². The standard InChI is InChI=1S/C32H26F2N4O4S2/c1-17-12-23(28(33)34)37-29(22(17)15-35)43-16-21-13-19(10-11-24(21)41-3)14-25-30(39)38-27(20-8-6-5-7-9-20)26(31(40)42-4)18(2)36-32(38)44-25/h5-14,27-28H,16H2,1-4H3/b25-14-/t27-/m1/s1. The smallest absolute Gasteiger partial charge is 0.338 e. The van der Waals surface area contributed by atoms with Crippen LogP contribution in [0.15, 0.2) is 80.7 Å². The fourth-order valence-electron chi connectivity index (χ4n) is 4.96. The maximum atomic E-state index is 13.9. The van der Waals surface area contributed by atoms with Gasteiger partial charge in [0.05, 0.1) is 41.6 Å². The lowest BCUT2D eigenvalue weighted by Gasteiger charge is -2.24. The third kappa shape index (κ3) is 5.93. The number of fused-ring (bicyclic) bond motifs is 1. The molecule has 0 saturated carbocycles. The summed E-state index contributed by atoms with van der Waals surface area (Å²) < 4.78 is 39.3. The molecule has 2 aromatic heterocycles. The van der Waals surface area contributed by atoms with Crippen LogP contribution < -0.4 is 19.6 Å². The first kappa shape index (κ1) is 30.8. The molecule has 0 aliphatic carbocycles. The van der Waals surface area contributed by atoms with E-state index < -0.39 is 18.4 Å². The highest BCUT2D eigenvalue weighted by Gasteiger charge is 2.33. The van der Waals surface area contributed by atoms with Crippen LogP contribution in [0.5, 0.6) is 5.75 Å². The number of halogens is 2. The lowest BCUT2D eigenvalue weighted by atomic mass is 9.96. The number of ether oxygens (including phenoxy) is 2. The van der Waals surface area contributed by atoms with Gasteiger partial charge in [-0.15, -0.1) is 11.8 Å². The molecule has 0 saturated heterocycles. The Bertz CT molecular complexity index is 2010. The second kappa shape index (κ2) is 13.0. The summed E-state index contributed by atoms with van der Waals surface area (Å²) in [5, 5.41) is 9.82. The number of nitrogens with zero attached hydrogens (tertiary/aromatic N) is 4. The van der Waals surface area contributed by atoms with Gasteiger partial charge < -0.3 is 9.47 Å². The fraction of sp³-hybridized carbons (Fsp3) is 0.219. The zero-order chi connectivity index (χ0) is 31.5. The van der Waals surface area contributed by atoms with Gasteiger partial charge >= 0.3 is 5.97 Å². The van der Waals surface area contributed by atoms with Gasteiger partial charge in [-0.1, -0.05) is 47.7 Å². The number of esters is 1. The quantitative estimate of drug-likeness (QED) is 0.194. The number of benzene rings is 2. The average Bonchev–Trinajstić information content (AvgIpc) is 3.32. The summed E-state index contributed by atoms with van der Waals surface area (Å²) in [5.41, 5.74) is 2.88. The van der Waals surface area contributed by atoms with Gasteiger partial charge in [0, 0.05) is 11.3 Å². The number of aryl methyl sites for hydroxylation is 1. The minimum Gasteiger partial charge on any atom is -0.496 e. The lowest BCUT2D eigenvalue weighted by molar-refractivity contribution is -0.136. The summed E-state index contributed by atoms with van der Waals surface area (Å²) in [7, 11) is 2.82. The van der Waals surface area contributed by atoms with Crippen LogP contribution in [0.3, 0.4) is 0 Å². The predicted molar refractivity (Wildman–Crippen MR) is 163 cm³/mol. The number of nitriles is 1. The first-order chi connectivity index (χ1) is 21.2. The molecule has 5 rings (SSSR count). The van der Waals surface area contributed by atoms with Crippen LogP contribution in [-0.4, -0.2) is 29.7 Å². The van der Waals surface area contributed by atoms with E-state index in [0.29, 0.717) is 31.9 Å². The molecule has 4 aromatic rings. The summed E-state index contributed by atoms with van der Waals surface area (Å²) in [6.07, 6.45) is -1.03. The minimum atomic E-state index is -2.76. The number of allylic oxidation sites excluding steroid dienone is 1. The molecule has 0 amide bonds. The minimum absolute atomic E-state index is 0.209. The number of thiazole rings is 1. The van der Waals surface area contributed by atoms with E-state index in [4.69, 9.17) is 9.47 Å². The van der Waals surface area contributed by atoms with E-state index in [1.165, 1.54) is 36.2 Å². The van der Waals surface area contributed by atoms with E-state index in [-0.39, 0.29) is 33.2 Å². The number of carbonyl (C=O) groups excluding carboxylic acids is 1. The molecule has 0 fully saturated rings. The van der Waals surface area contributed by atoms with Gasteiger partial charge in [-0.25, -0.2) is 23.6 Å². The number of rotatable bonds is 8. The Morgan fingerprint density at radius 2 is 1.93 bits per heavy atom.